The second-order valence-electron chi connectivity index (χ2n) is 6.43. The molecule has 0 atom stereocenters. The molecule has 0 spiro atoms. The molecule has 0 aliphatic carbocycles. The molecule has 10 nitrogen and oxygen atoms in total. The van der Waals surface area contributed by atoms with Crippen molar-refractivity contribution >= 4 is 23.1 Å². The van der Waals surface area contributed by atoms with Gasteiger partial charge in [-0.25, -0.2) is 4.52 Å². The molecule has 0 saturated carbocycles. The fourth-order valence-corrected chi connectivity index (χ4v) is 2.54. The first-order valence-corrected chi connectivity index (χ1v) is 8.63. The van der Waals surface area contributed by atoms with E-state index in [1.165, 1.54) is 17.8 Å². The Kier molecular flexibility index (Phi) is 5.59. The summed E-state index contributed by atoms with van der Waals surface area (Å²) in [5, 5.41) is 6.90. The number of amides is 1. The minimum absolute atomic E-state index is 0.0643. The first-order valence-electron chi connectivity index (χ1n) is 8.63. The summed E-state index contributed by atoms with van der Waals surface area (Å²) in [6, 6.07) is 3.40. The maximum Gasteiger partial charge on any atom is 0.263 e. The molecular formula is C18H23N7O3. The summed E-state index contributed by atoms with van der Waals surface area (Å²) in [6.07, 6.45) is 3.17. The molecule has 3 N–H and O–H groups in total. The van der Waals surface area contributed by atoms with E-state index in [2.05, 4.69) is 20.4 Å². The molecule has 28 heavy (non-hydrogen) atoms. The zero-order valence-corrected chi connectivity index (χ0v) is 16.3. The number of carbonyl (C=O) groups is 1. The van der Waals surface area contributed by atoms with Crippen LogP contribution in [0.3, 0.4) is 0 Å². The maximum atomic E-state index is 12.9. The van der Waals surface area contributed by atoms with E-state index >= 15 is 0 Å². The number of nitrogens with two attached hydrogens (primary N) is 1. The van der Waals surface area contributed by atoms with E-state index in [0.717, 1.165) is 12.2 Å². The van der Waals surface area contributed by atoms with E-state index < -0.39 is 5.91 Å². The van der Waals surface area contributed by atoms with Crippen LogP contribution in [0.15, 0.2) is 24.5 Å². The third-order valence-electron chi connectivity index (χ3n) is 3.97. The van der Waals surface area contributed by atoms with Gasteiger partial charge < -0.3 is 25.4 Å². The Morgan fingerprint density at radius 3 is 2.89 bits per heavy atom. The molecule has 1 amide bonds. The molecule has 0 radical (unpaired) electrons. The zero-order chi connectivity index (χ0) is 20.3. The van der Waals surface area contributed by atoms with Crippen LogP contribution in [0.2, 0.25) is 0 Å². The van der Waals surface area contributed by atoms with Crippen LogP contribution in [0.5, 0.6) is 11.6 Å². The predicted molar refractivity (Wildman–Crippen MR) is 105 cm³/mol. The molecule has 148 valence electrons. The van der Waals surface area contributed by atoms with E-state index in [4.69, 9.17) is 15.2 Å². The third kappa shape index (κ3) is 4.12. The van der Waals surface area contributed by atoms with Gasteiger partial charge in [0, 0.05) is 30.6 Å². The van der Waals surface area contributed by atoms with E-state index in [-0.39, 0.29) is 11.4 Å². The molecule has 0 aliphatic rings. The molecule has 0 aromatic carbocycles. The number of nitrogens with zero attached hydrogens (tertiary/aromatic N) is 5. The number of likely N-dealkylation sites (N-methyl/N-ethyl adjacent to an activating group) is 1. The van der Waals surface area contributed by atoms with Crippen molar-refractivity contribution in [3.63, 3.8) is 0 Å². The number of nitrogens with one attached hydrogen (secondary N) is 1. The summed E-state index contributed by atoms with van der Waals surface area (Å²) in [5.74, 6) is 0.485. The summed E-state index contributed by atoms with van der Waals surface area (Å²) in [5.41, 5.74) is 7.62. The molecule has 0 bridgehead atoms. The lowest BCUT2D eigenvalue weighted by molar-refractivity contribution is 0.102. The second kappa shape index (κ2) is 8.09. The van der Waals surface area contributed by atoms with Crippen LogP contribution >= 0.6 is 0 Å². The summed E-state index contributed by atoms with van der Waals surface area (Å²) >= 11 is 0. The molecule has 0 saturated heterocycles. The molecule has 0 unspecified atom stereocenters. The predicted octanol–water partition coefficient (Wildman–Crippen LogP) is 1.22. The molecule has 0 aliphatic heterocycles. The number of carbonyl (C=O) groups excluding carboxylic acids is 1. The van der Waals surface area contributed by atoms with Crippen molar-refractivity contribution in [3.8, 4) is 11.6 Å². The van der Waals surface area contributed by atoms with Gasteiger partial charge in [0.1, 0.15) is 23.6 Å². The van der Waals surface area contributed by atoms with Crippen LogP contribution in [0.25, 0.3) is 5.65 Å². The minimum atomic E-state index is -0.464. The van der Waals surface area contributed by atoms with Gasteiger partial charge in [-0.3, -0.25) is 9.78 Å². The molecule has 0 fully saturated rings. The standard InChI is InChI=1S/C18H23N7O3/c1-11-9-13(27-4)12(10-20-11)21-18(26)15-16(19)23-25-6-5-14(22-17(15)25)28-8-7-24(2)3/h5-6,9-10H,7-8H2,1-4H3,(H2,19,23)(H,21,26). The molecule has 10 heteroatoms. The first-order chi connectivity index (χ1) is 13.4. The molecule has 3 aromatic rings. The normalized spacial score (nSPS) is 11.0. The quantitative estimate of drug-likeness (QED) is 0.623. The zero-order valence-electron chi connectivity index (χ0n) is 16.3. The van der Waals surface area contributed by atoms with E-state index in [0.29, 0.717) is 29.6 Å². The van der Waals surface area contributed by atoms with Gasteiger partial charge in [-0.1, -0.05) is 0 Å². The Morgan fingerprint density at radius 1 is 1.39 bits per heavy atom. The number of hydrogen-bond donors (Lipinski definition) is 2. The van der Waals surface area contributed by atoms with Crippen molar-refractivity contribution < 1.29 is 14.3 Å². The Balaban J connectivity index is 1.89. The topological polar surface area (TPSA) is 120 Å². The Morgan fingerprint density at radius 2 is 2.18 bits per heavy atom. The van der Waals surface area contributed by atoms with Crippen LogP contribution in [0.1, 0.15) is 16.1 Å². The number of rotatable bonds is 7. The lowest BCUT2D eigenvalue weighted by atomic mass is 10.2. The molecule has 3 aromatic heterocycles. The lowest BCUT2D eigenvalue weighted by Gasteiger charge is -2.11. The number of anilines is 2. The van der Waals surface area contributed by atoms with Crippen LogP contribution in [0, 0.1) is 6.92 Å². The molecular weight excluding hydrogens is 362 g/mol. The summed E-state index contributed by atoms with van der Waals surface area (Å²) in [4.78, 5) is 23.4. The highest BCUT2D eigenvalue weighted by Crippen LogP contribution is 2.26. The number of nitrogen functional groups attached to an aromatic ring is 1. The van der Waals surface area contributed by atoms with Gasteiger partial charge in [0.15, 0.2) is 11.5 Å². The van der Waals surface area contributed by atoms with Crippen LogP contribution < -0.4 is 20.5 Å². The van der Waals surface area contributed by atoms with E-state index in [9.17, 15) is 4.79 Å². The first kappa shape index (κ1) is 19.4. The van der Waals surface area contributed by atoms with Crippen LogP contribution in [0.4, 0.5) is 11.5 Å². The minimum Gasteiger partial charge on any atom is -0.494 e. The third-order valence-corrected chi connectivity index (χ3v) is 3.97. The number of aromatic nitrogens is 4. The van der Waals surface area contributed by atoms with Crippen molar-refractivity contribution in [3.05, 3.63) is 35.8 Å². The van der Waals surface area contributed by atoms with Crippen molar-refractivity contribution in [2.75, 3.05) is 45.4 Å². The summed E-state index contributed by atoms with van der Waals surface area (Å²) < 4.78 is 12.4. The SMILES string of the molecule is COc1cc(C)ncc1NC(=O)c1c(N)nn2ccc(OCCN(C)C)nc12. The van der Waals surface area contributed by atoms with Gasteiger partial charge in [-0.2, -0.15) is 4.98 Å². The monoisotopic (exact) mass is 385 g/mol. The lowest BCUT2D eigenvalue weighted by Crippen LogP contribution is -2.19. The highest BCUT2D eigenvalue weighted by Gasteiger charge is 2.21. The number of methoxy groups -OCH3 is 1. The molecule has 3 rings (SSSR count). The molecule has 3 heterocycles. The van der Waals surface area contributed by atoms with Gasteiger partial charge in [0.25, 0.3) is 5.91 Å². The Labute approximate surface area is 162 Å². The van der Waals surface area contributed by atoms with Gasteiger partial charge >= 0.3 is 0 Å². The second-order valence-corrected chi connectivity index (χ2v) is 6.43. The number of pyridine rings is 1. The number of aryl methyl sites for hydroxylation is 1. The average molecular weight is 385 g/mol. The number of fused-ring (bicyclic) bond motifs is 1. The average Bonchev–Trinajstić information content (AvgIpc) is 2.98. The van der Waals surface area contributed by atoms with E-state index in [1.807, 2.05) is 25.9 Å². The summed E-state index contributed by atoms with van der Waals surface area (Å²) in [6.45, 7) is 3.04. The van der Waals surface area contributed by atoms with Gasteiger partial charge in [0.05, 0.1) is 13.3 Å². The Bertz CT molecular complexity index is 1000. The maximum absolute atomic E-state index is 12.9. The van der Waals surface area contributed by atoms with Gasteiger partial charge in [-0.15, -0.1) is 5.10 Å². The van der Waals surface area contributed by atoms with Gasteiger partial charge in [-0.05, 0) is 21.0 Å². The van der Waals surface area contributed by atoms with Crippen molar-refractivity contribution in [1.29, 1.82) is 0 Å². The van der Waals surface area contributed by atoms with Crippen LogP contribution in [-0.4, -0.2) is 64.7 Å². The smallest absolute Gasteiger partial charge is 0.263 e. The fourth-order valence-electron chi connectivity index (χ4n) is 2.54. The van der Waals surface area contributed by atoms with Crippen molar-refractivity contribution in [2.24, 2.45) is 0 Å². The largest absolute Gasteiger partial charge is 0.494 e. The van der Waals surface area contributed by atoms with Gasteiger partial charge in [0.2, 0.25) is 5.88 Å². The number of ether oxygens (including phenoxy) is 2. The van der Waals surface area contributed by atoms with E-state index in [1.54, 1.807) is 18.3 Å². The highest BCUT2D eigenvalue weighted by molar-refractivity contribution is 6.12. The highest BCUT2D eigenvalue weighted by atomic mass is 16.5. The Hall–Kier alpha value is -3.40. The number of hydrogen-bond acceptors (Lipinski definition) is 8. The fraction of sp³-hybridized carbons (Fsp3) is 0.333. The van der Waals surface area contributed by atoms with Crippen molar-refractivity contribution in [2.45, 2.75) is 6.92 Å². The van der Waals surface area contributed by atoms with Crippen molar-refractivity contribution in [1.82, 2.24) is 24.5 Å². The van der Waals surface area contributed by atoms with Crippen LogP contribution in [-0.2, 0) is 0 Å². The summed E-state index contributed by atoms with van der Waals surface area (Å²) in [7, 11) is 5.43.